The standard InChI is InChI=1S/C20H41NO6S/c1-2-3-4-5-6-7-8-9-10-11-12-13-14-15-16-19(20(21)22)26-17-18-27-28(23,24)25/h19H,2-18H2,1H3,(H2,21,22)(H,23,24,25). The van der Waals surface area contributed by atoms with Crippen molar-refractivity contribution in [3.05, 3.63) is 0 Å². The van der Waals surface area contributed by atoms with Gasteiger partial charge in [0.2, 0.25) is 5.91 Å². The Kier molecular flexibility index (Phi) is 17.9. The molecule has 0 aliphatic heterocycles. The molecule has 0 aliphatic rings. The molecule has 0 aliphatic carbocycles. The summed E-state index contributed by atoms with van der Waals surface area (Å²) in [6, 6.07) is 0. The van der Waals surface area contributed by atoms with Crippen LogP contribution in [0.15, 0.2) is 0 Å². The van der Waals surface area contributed by atoms with Crippen LogP contribution in [0.5, 0.6) is 0 Å². The van der Waals surface area contributed by atoms with Gasteiger partial charge in [0, 0.05) is 0 Å². The van der Waals surface area contributed by atoms with E-state index in [0.717, 1.165) is 19.3 Å². The van der Waals surface area contributed by atoms with E-state index >= 15 is 0 Å². The van der Waals surface area contributed by atoms with Crippen molar-refractivity contribution in [3.8, 4) is 0 Å². The van der Waals surface area contributed by atoms with Gasteiger partial charge in [0.25, 0.3) is 0 Å². The summed E-state index contributed by atoms with van der Waals surface area (Å²) in [4.78, 5) is 11.3. The molecular weight excluding hydrogens is 382 g/mol. The molecule has 0 aromatic heterocycles. The van der Waals surface area contributed by atoms with Crippen molar-refractivity contribution in [2.45, 2.75) is 109 Å². The van der Waals surface area contributed by atoms with Gasteiger partial charge in [-0.2, -0.15) is 8.42 Å². The average Bonchev–Trinajstić information content (AvgIpc) is 2.62. The summed E-state index contributed by atoms with van der Waals surface area (Å²) in [5, 5.41) is 0. The second kappa shape index (κ2) is 18.3. The number of carbonyl (C=O) groups is 1. The number of hydrogen-bond acceptors (Lipinski definition) is 5. The Hall–Kier alpha value is -0.700. The lowest BCUT2D eigenvalue weighted by molar-refractivity contribution is -0.130. The van der Waals surface area contributed by atoms with Gasteiger partial charge in [-0.1, -0.05) is 96.8 Å². The third kappa shape index (κ3) is 20.0. The SMILES string of the molecule is CCCCCCCCCCCCCCCCC(OCCOS(=O)(=O)O)C(N)=O. The summed E-state index contributed by atoms with van der Waals surface area (Å²) >= 11 is 0. The van der Waals surface area contributed by atoms with E-state index in [9.17, 15) is 13.2 Å². The number of ether oxygens (including phenoxy) is 1. The van der Waals surface area contributed by atoms with Crippen LogP contribution in [0.3, 0.4) is 0 Å². The van der Waals surface area contributed by atoms with Crippen LogP contribution in [0.25, 0.3) is 0 Å². The predicted molar refractivity (Wildman–Crippen MR) is 111 cm³/mol. The molecule has 0 saturated heterocycles. The largest absolute Gasteiger partial charge is 0.397 e. The molecule has 8 heteroatoms. The van der Waals surface area contributed by atoms with Crippen LogP contribution in [0.1, 0.15) is 103 Å². The highest BCUT2D eigenvalue weighted by molar-refractivity contribution is 7.80. The maximum Gasteiger partial charge on any atom is 0.397 e. The van der Waals surface area contributed by atoms with Crippen LogP contribution in [-0.4, -0.2) is 38.2 Å². The maximum absolute atomic E-state index is 11.3. The molecule has 168 valence electrons. The minimum absolute atomic E-state index is 0.119. The number of primary amides is 1. The third-order valence-corrected chi connectivity index (χ3v) is 5.24. The molecule has 0 aromatic rings. The molecule has 1 unspecified atom stereocenters. The van der Waals surface area contributed by atoms with Crippen molar-refractivity contribution < 1.29 is 26.7 Å². The highest BCUT2D eigenvalue weighted by Crippen LogP contribution is 2.14. The van der Waals surface area contributed by atoms with Gasteiger partial charge in [0.05, 0.1) is 13.2 Å². The van der Waals surface area contributed by atoms with Gasteiger partial charge >= 0.3 is 10.4 Å². The summed E-state index contributed by atoms with van der Waals surface area (Å²) < 4.78 is 38.6. The van der Waals surface area contributed by atoms with Gasteiger partial charge in [0.15, 0.2) is 0 Å². The van der Waals surface area contributed by atoms with Crippen LogP contribution in [0.4, 0.5) is 0 Å². The molecule has 0 rings (SSSR count). The molecule has 0 fully saturated rings. The summed E-state index contributed by atoms with van der Waals surface area (Å²) in [5.41, 5.74) is 5.29. The molecule has 28 heavy (non-hydrogen) atoms. The van der Waals surface area contributed by atoms with Gasteiger partial charge in [-0.25, -0.2) is 4.18 Å². The smallest absolute Gasteiger partial charge is 0.367 e. The van der Waals surface area contributed by atoms with E-state index in [1.165, 1.54) is 70.6 Å². The van der Waals surface area contributed by atoms with Crippen LogP contribution >= 0.6 is 0 Å². The highest BCUT2D eigenvalue weighted by Gasteiger charge is 2.15. The van der Waals surface area contributed by atoms with Gasteiger partial charge in [-0.15, -0.1) is 0 Å². The van der Waals surface area contributed by atoms with E-state index in [1.807, 2.05) is 0 Å². The Balaban J connectivity index is 3.47. The number of rotatable bonds is 21. The molecule has 0 saturated carbocycles. The first-order valence-electron chi connectivity index (χ1n) is 10.9. The van der Waals surface area contributed by atoms with Crippen molar-refractivity contribution in [2.24, 2.45) is 5.73 Å². The Morgan fingerprint density at radius 1 is 0.821 bits per heavy atom. The van der Waals surface area contributed by atoms with Crippen molar-refractivity contribution >= 4 is 16.3 Å². The molecule has 0 bridgehead atoms. The summed E-state index contributed by atoms with van der Waals surface area (Å²) in [5.74, 6) is -0.568. The van der Waals surface area contributed by atoms with Crippen molar-refractivity contribution in [2.75, 3.05) is 13.2 Å². The van der Waals surface area contributed by atoms with E-state index in [1.54, 1.807) is 0 Å². The maximum atomic E-state index is 11.3. The first kappa shape index (κ1) is 27.3. The number of unbranched alkanes of at least 4 members (excludes halogenated alkanes) is 13. The normalized spacial score (nSPS) is 12.9. The van der Waals surface area contributed by atoms with Crippen LogP contribution in [0.2, 0.25) is 0 Å². The zero-order valence-electron chi connectivity index (χ0n) is 17.6. The summed E-state index contributed by atoms with van der Waals surface area (Å²) in [6.45, 7) is 1.78. The Labute approximate surface area is 171 Å². The minimum atomic E-state index is -4.48. The predicted octanol–water partition coefficient (Wildman–Crippen LogP) is 4.55. The van der Waals surface area contributed by atoms with Crippen molar-refractivity contribution in [1.29, 1.82) is 0 Å². The fourth-order valence-electron chi connectivity index (χ4n) is 3.16. The summed E-state index contributed by atoms with van der Waals surface area (Å²) in [6.07, 6.45) is 17.4. The molecular formula is C20H41NO6S. The lowest BCUT2D eigenvalue weighted by Crippen LogP contribution is -2.32. The molecule has 0 spiro atoms. The molecule has 7 nitrogen and oxygen atoms in total. The molecule has 1 amide bonds. The van der Waals surface area contributed by atoms with E-state index in [4.69, 9.17) is 15.0 Å². The quantitative estimate of drug-likeness (QED) is 0.207. The average molecular weight is 424 g/mol. The zero-order chi connectivity index (χ0) is 21.1. The molecule has 0 heterocycles. The molecule has 0 aromatic carbocycles. The fraction of sp³-hybridized carbons (Fsp3) is 0.950. The molecule has 3 N–H and O–H groups in total. The van der Waals surface area contributed by atoms with Crippen LogP contribution in [-0.2, 0) is 24.1 Å². The minimum Gasteiger partial charge on any atom is -0.367 e. The van der Waals surface area contributed by atoms with E-state index in [2.05, 4.69) is 11.1 Å². The number of nitrogens with two attached hydrogens (primary N) is 1. The fourth-order valence-corrected chi connectivity index (χ4v) is 3.44. The van der Waals surface area contributed by atoms with Crippen LogP contribution in [0, 0.1) is 0 Å². The van der Waals surface area contributed by atoms with Crippen molar-refractivity contribution in [1.82, 2.24) is 0 Å². The number of amides is 1. The Morgan fingerprint density at radius 3 is 1.64 bits per heavy atom. The second-order valence-electron chi connectivity index (χ2n) is 7.40. The van der Waals surface area contributed by atoms with E-state index < -0.39 is 22.4 Å². The zero-order valence-corrected chi connectivity index (χ0v) is 18.4. The summed E-state index contributed by atoms with van der Waals surface area (Å²) in [7, 11) is -4.48. The highest BCUT2D eigenvalue weighted by atomic mass is 32.3. The number of carbonyl (C=O) groups excluding carboxylic acids is 1. The lowest BCUT2D eigenvalue weighted by Gasteiger charge is -2.14. The van der Waals surface area contributed by atoms with E-state index in [-0.39, 0.29) is 13.2 Å². The van der Waals surface area contributed by atoms with Gasteiger partial charge in [-0.3, -0.25) is 9.35 Å². The van der Waals surface area contributed by atoms with E-state index in [0.29, 0.717) is 6.42 Å². The van der Waals surface area contributed by atoms with Gasteiger partial charge in [0.1, 0.15) is 6.10 Å². The van der Waals surface area contributed by atoms with Crippen LogP contribution < -0.4 is 5.73 Å². The van der Waals surface area contributed by atoms with Gasteiger partial charge in [-0.05, 0) is 6.42 Å². The Morgan fingerprint density at radius 2 is 1.25 bits per heavy atom. The van der Waals surface area contributed by atoms with Crippen molar-refractivity contribution in [3.63, 3.8) is 0 Å². The van der Waals surface area contributed by atoms with Gasteiger partial charge < -0.3 is 10.5 Å². The first-order chi connectivity index (χ1) is 13.4. The monoisotopic (exact) mass is 423 g/mol. The molecule has 0 radical (unpaired) electrons. The Bertz CT molecular complexity index is 469. The topological polar surface area (TPSA) is 116 Å². The molecule has 1 atom stereocenters. The number of hydrogen-bond donors (Lipinski definition) is 2. The third-order valence-electron chi connectivity index (χ3n) is 4.77. The first-order valence-corrected chi connectivity index (χ1v) is 12.3. The second-order valence-corrected chi connectivity index (χ2v) is 8.49. The lowest BCUT2D eigenvalue weighted by atomic mass is 10.0.